The summed E-state index contributed by atoms with van der Waals surface area (Å²) in [5.74, 6) is 0.477. The van der Waals surface area contributed by atoms with Crippen molar-refractivity contribution in [2.45, 2.75) is 19.8 Å². The molecule has 0 spiro atoms. The Morgan fingerprint density at radius 2 is 2.11 bits per heavy atom. The molecular weight excluding hydrogens is 123 g/mol. The standard InChI is InChI=1S/C7H12O.Na.H/c1-3-4-7(2)5-6-8;;/h3,6-7H,1,4-5H2,2H3;;. The van der Waals surface area contributed by atoms with Gasteiger partial charge in [-0.1, -0.05) is 13.0 Å². The Balaban J connectivity index is 0. The summed E-state index contributed by atoms with van der Waals surface area (Å²) in [5.41, 5.74) is 0. The average molecular weight is 136 g/mol. The van der Waals surface area contributed by atoms with Gasteiger partial charge in [-0.2, -0.15) is 0 Å². The topological polar surface area (TPSA) is 17.1 Å². The zero-order chi connectivity index (χ0) is 6.41. The Morgan fingerprint density at radius 1 is 1.56 bits per heavy atom. The SMILES string of the molecule is C=CCC(C)CC=O.[NaH]. The molecule has 0 heterocycles. The van der Waals surface area contributed by atoms with E-state index in [1.807, 2.05) is 13.0 Å². The van der Waals surface area contributed by atoms with Crippen LogP contribution >= 0.6 is 0 Å². The van der Waals surface area contributed by atoms with Crippen LogP contribution in [0.5, 0.6) is 0 Å². The van der Waals surface area contributed by atoms with Crippen LogP contribution in [0.3, 0.4) is 0 Å². The predicted octanol–water partition coefficient (Wildman–Crippen LogP) is 1.14. The molecule has 0 aliphatic rings. The third kappa shape index (κ3) is 8.41. The van der Waals surface area contributed by atoms with Gasteiger partial charge in [0.25, 0.3) is 0 Å². The molecule has 0 aromatic rings. The van der Waals surface area contributed by atoms with Crippen molar-refractivity contribution in [1.29, 1.82) is 0 Å². The second kappa shape index (κ2) is 8.41. The quantitative estimate of drug-likeness (QED) is 0.322. The van der Waals surface area contributed by atoms with Gasteiger partial charge in [-0.05, 0) is 12.3 Å². The molecule has 0 amide bonds. The number of rotatable bonds is 4. The van der Waals surface area contributed by atoms with E-state index in [-0.39, 0.29) is 29.6 Å². The van der Waals surface area contributed by atoms with E-state index in [9.17, 15) is 4.79 Å². The summed E-state index contributed by atoms with van der Waals surface area (Å²) in [6.45, 7) is 5.60. The van der Waals surface area contributed by atoms with E-state index in [0.717, 1.165) is 12.7 Å². The van der Waals surface area contributed by atoms with Gasteiger partial charge < -0.3 is 4.79 Å². The first-order valence-electron chi connectivity index (χ1n) is 2.85. The Morgan fingerprint density at radius 3 is 2.44 bits per heavy atom. The van der Waals surface area contributed by atoms with Gasteiger partial charge >= 0.3 is 29.6 Å². The van der Waals surface area contributed by atoms with Crippen LogP contribution in [0.25, 0.3) is 0 Å². The Labute approximate surface area is 78.8 Å². The molecule has 0 N–H and O–H groups in total. The van der Waals surface area contributed by atoms with Crippen molar-refractivity contribution in [2.24, 2.45) is 5.92 Å². The third-order valence-electron chi connectivity index (χ3n) is 1.07. The van der Waals surface area contributed by atoms with Gasteiger partial charge in [0.15, 0.2) is 0 Å². The maximum absolute atomic E-state index is 9.86. The zero-order valence-electron chi connectivity index (χ0n) is 5.26. The average Bonchev–Trinajstić information content (AvgIpc) is 1.68. The van der Waals surface area contributed by atoms with Crippen LogP contribution in [0, 0.1) is 5.92 Å². The van der Waals surface area contributed by atoms with Crippen molar-refractivity contribution in [3.05, 3.63) is 12.7 Å². The number of hydrogen-bond donors (Lipinski definition) is 0. The van der Waals surface area contributed by atoms with Crippen LogP contribution in [-0.4, -0.2) is 35.8 Å². The minimum absolute atomic E-state index is 0. The van der Waals surface area contributed by atoms with Crippen LogP contribution < -0.4 is 0 Å². The second-order valence-electron chi connectivity index (χ2n) is 2.03. The van der Waals surface area contributed by atoms with E-state index in [2.05, 4.69) is 6.58 Å². The predicted molar refractivity (Wildman–Crippen MR) is 41.8 cm³/mol. The number of allylic oxidation sites excluding steroid dienone is 1. The summed E-state index contributed by atoms with van der Waals surface area (Å²) >= 11 is 0. The molecular formula is C7H13NaO. The summed E-state index contributed by atoms with van der Waals surface area (Å²) in [7, 11) is 0. The zero-order valence-corrected chi connectivity index (χ0v) is 5.26. The van der Waals surface area contributed by atoms with Gasteiger partial charge in [0, 0.05) is 6.42 Å². The first kappa shape index (κ1) is 12.1. The molecule has 0 aromatic carbocycles. The number of carbonyl (C=O) groups excluding carboxylic acids is 1. The van der Waals surface area contributed by atoms with E-state index in [4.69, 9.17) is 0 Å². The molecule has 1 unspecified atom stereocenters. The number of aldehydes is 1. The van der Waals surface area contributed by atoms with Gasteiger partial charge in [0.1, 0.15) is 6.29 Å². The molecule has 0 fully saturated rings. The minimum atomic E-state index is 0. The van der Waals surface area contributed by atoms with Crippen molar-refractivity contribution >= 4 is 35.8 Å². The van der Waals surface area contributed by atoms with E-state index in [0.29, 0.717) is 12.3 Å². The Kier molecular flexibility index (Phi) is 11.3. The molecule has 0 aliphatic heterocycles. The second-order valence-corrected chi connectivity index (χ2v) is 2.03. The first-order chi connectivity index (χ1) is 3.81. The van der Waals surface area contributed by atoms with Crippen molar-refractivity contribution in [3.8, 4) is 0 Å². The molecule has 48 valence electrons. The van der Waals surface area contributed by atoms with Crippen molar-refractivity contribution in [3.63, 3.8) is 0 Å². The Bertz CT molecular complexity index is 71.0. The van der Waals surface area contributed by atoms with Crippen LogP contribution in [0.2, 0.25) is 0 Å². The normalized spacial score (nSPS) is 11.2. The molecule has 0 aromatic heterocycles. The fourth-order valence-electron chi connectivity index (χ4n) is 0.545. The molecule has 0 radical (unpaired) electrons. The van der Waals surface area contributed by atoms with Crippen LogP contribution in [0.4, 0.5) is 0 Å². The Hall–Kier alpha value is 0.410. The van der Waals surface area contributed by atoms with Crippen molar-refractivity contribution in [1.82, 2.24) is 0 Å². The van der Waals surface area contributed by atoms with Crippen molar-refractivity contribution < 1.29 is 4.79 Å². The van der Waals surface area contributed by atoms with Crippen molar-refractivity contribution in [2.75, 3.05) is 0 Å². The number of hydrogen-bond acceptors (Lipinski definition) is 1. The van der Waals surface area contributed by atoms with Gasteiger partial charge in [0.2, 0.25) is 0 Å². The summed E-state index contributed by atoms with van der Waals surface area (Å²) < 4.78 is 0. The molecule has 1 nitrogen and oxygen atoms in total. The van der Waals surface area contributed by atoms with Gasteiger partial charge in [-0.25, -0.2) is 0 Å². The van der Waals surface area contributed by atoms with Gasteiger partial charge in [0.05, 0.1) is 0 Å². The van der Waals surface area contributed by atoms with Crippen LogP contribution in [0.15, 0.2) is 12.7 Å². The molecule has 2 heteroatoms. The van der Waals surface area contributed by atoms with E-state index in [1.54, 1.807) is 0 Å². The molecule has 0 aliphatic carbocycles. The molecule has 0 saturated carbocycles. The number of carbonyl (C=O) groups is 1. The molecule has 9 heavy (non-hydrogen) atoms. The van der Waals surface area contributed by atoms with E-state index >= 15 is 0 Å². The van der Waals surface area contributed by atoms with Gasteiger partial charge in [-0.15, -0.1) is 6.58 Å². The molecule has 0 bridgehead atoms. The first-order valence-corrected chi connectivity index (χ1v) is 2.85. The molecule has 0 rings (SSSR count). The molecule has 0 saturated heterocycles. The summed E-state index contributed by atoms with van der Waals surface area (Å²) in [5, 5.41) is 0. The fourth-order valence-corrected chi connectivity index (χ4v) is 0.545. The summed E-state index contributed by atoms with van der Waals surface area (Å²) in [4.78, 5) is 9.86. The van der Waals surface area contributed by atoms with E-state index in [1.165, 1.54) is 0 Å². The monoisotopic (exact) mass is 136 g/mol. The third-order valence-corrected chi connectivity index (χ3v) is 1.07. The summed E-state index contributed by atoms with van der Waals surface area (Å²) in [6, 6.07) is 0. The molecule has 1 atom stereocenters. The maximum atomic E-state index is 9.86. The summed E-state index contributed by atoms with van der Waals surface area (Å²) in [6.07, 6.45) is 4.40. The van der Waals surface area contributed by atoms with Gasteiger partial charge in [-0.3, -0.25) is 0 Å². The van der Waals surface area contributed by atoms with Crippen LogP contribution in [-0.2, 0) is 4.79 Å². The van der Waals surface area contributed by atoms with Crippen LogP contribution in [0.1, 0.15) is 19.8 Å². The fraction of sp³-hybridized carbons (Fsp3) is 0.571. The van der Waals surface area contributed by atoms with E-state index < -0.39 is 0 Å².